The van der Waals surface area contributed by atoms with Crippen molar-refractivity contribution in [3.63, 3.8) is 0 Å². The molecule has 3 N–H and O–H groups in total. The molecule has 1 aliphatic rings. The van der Waals surface area contributed by atoms with Gasteiger partial charge in [0.25, 0.3) is 5.91 Å². The highest BCUT2D eigenvalue weighted by molar-refractivity contribution is 5.97. The van der Waals surface area contributed by atoms with Crippen molar-refractivity contribution in [2.24, 2.45) is 5.73 Å². The van der Waals surface area contributed by atoms with Crippen LogP contribution in [-0.2, 0) is 0 Å². The van der Waals surface area contributed by atoms with Gasteiger partial charge in [0.2, 0.25) is 0 Å². The summed E-state index contributed by atoms with van der Waals surface area (Å²) in [5.74, 6) is -0.286. The predicted molar refractivity (Wildman–Crippen MR) is 54.4 cm³/mol. The van der Waals surface area contributed by atoms with E-state index in [1.807, 2.05) is 6.92 Å². The molecule has 1 aromatic heterocycles. The van der Waals surface area contributed by atoms with Gasteiger partial charge in [0, 0.05) is 24.8 Å². The molecule has 0 radical (unpaired) electrons. The van der Waals surface area contributed by atoms with Crippen LogP contribution in [0.25, 0.3) is 0 Å². The lowest BCUT2D eigenvalue weighted by Gasteiger charge is -2.45. The van der Waals surface area contributed by atoms with Crippen molar-refractivity contribution in [2.75, 3.05) is 13.1 Å². The normalized spacial score (nSPS) is 18.4. The third-order valence-corrected chi connectivity index (χ3v) is 2.42. The van der Waals surface area contributed by atoms with E-state index < -0.39 is 0 Å². The summed E-state index contributed by atoms with van der Waals surface area (Å²) in [6, 6.07) is 1.50. The largest absolute Gasteiger partial charge is 0.505 e. The Labute approximate surface area is 87.5 Å². The van der Waals surface area contributed by atoms with Crippen molar-refractivity contribution in [3.8, 4) is 5.75 Å². The molecule has 0 atom stereocenters. The van der Waals surface area contributed by atoms with Gasteiger partial charge in [-0.15, -0.1) is 0 Å². The maximum absolute atomic E-state index is 11.8. The average molecular weight is 207 g/mol. The summed E-state index contributed by atoms with van der Waals surface area (Å²) in [5, 5.41) is 9.44. The zero-order valence-electron chi connectivity index (χ0n) is 8.47. The summed E-state index contributed by atoms with van der Waals surface area (Å²) in [5.41, 5.74) is 5.78. The van der Waals surface area contributed by atoms with Gasteiger partial charge in [0.1, 0.15) is 5.75 Å². The fourth-order valence-electron chi connectivity index (χ4n) is 1.71. The molecule has 80 valence electrons. The number of carbonyl (C=O) groups is 1. The van der Waals surface area contributed by atoms with Crippen LogP contribution in [0.15, 0.2) is 18.5 Å². The number of nitrogens with two attached hydrogens (primary N) is 1. The van der Waals surface area contributed by atoms with Crippen molar-refractivity contribution in [1.82, 2.24) is 9.88 Å². The van der Waals surface area contributed by atoms with E-state index in [1.54, 1.807) is 4.90 Å². The molecule has 5 heteroatoms. The summed E-state index contributed by atoms with van der Waals surface area (Å²) < 4.78 is 0. The summed E-state index contributed by atoms with van der Waals surface area (Å²) in [4.78, 5) is 17.1. The van der Waals surface area contributed by atoms with Gasteiger partial charge in [-0.05, 0) is 13.0 Å². The fourth-order valence-corrected chi connectivity index (χ4v) is 1.71. The van der Waals surface area contributed by atoms with E-state index in [0.29, 0.717) is 13.1 Å². The number of aromatic hydroxyl groups is 1. The minimum atomic E-state index is -0.293. The lowest BCUT2D eigenvalue weighted by atomic mass is 9.93. The fraction of sp³-hybridized carbons (Fsp3) is 0.400. The SMILES string of the molecule is CC1(N)CN(C(=O)c2ccncc2O)C1. The van der Waals surface area contributed by atoms with Gasteiger partial charge in [-0.3, -0.25) is 9.78 Å². The molecule has 2 rings (SSSR count). The van der Waals surface area contributed by atoms with Gasteiger partial charge in [0.15, 0.2) is 0 Å². The molecule has 1 saturated heterocycles. The molecule has 2 heterocycles. The van der Waals surface area contributed by atoms with E-state index in [1.165, 1.54) is 18.5 Å². The Kier molecular flexibility index (Phi) is 2.12. The second-order valence-corrected chi connectivity index (χ2v) is 4.21. The van der Waals surface area contributed by atoms with Crippen molar-refractivity contribution in [3.05, 3.63) is 24.0 Å². The summed E-state index contributed by atoms with van der Waals surface area (Å²) in [6.07, 6.45) is 2.74. The van der Waals surface area contributed by atoms with E-state index in [0.717, 1.165) is 0 Å². The highest BCUT2D eigenvalue weighted by atomic mass is 16.3. The van der Waals surface area contributed by atoms with Gasteiger partial charge in [-0.1, -0.05) is 0 Å². The molecule has 0 aliphatic carbocycles. The van der Waals surface area contributed by atoms with Crippen molar-refractivity contribution >= 4 is 5.91 Å². The maximum atomic E-state index is 11.8. The highest BCUT2D eigenvalue weighted by Crippen LogP contribution is 2.23. The van der Waals surface area contributed by atoms with Gasteiger partial charge in [0.05, 0.1) is 11.8 Å². The molecule has 0 spiro atoms. The molecule has 1 aromatic rings. The molecule has 0 saturated carbocycles. The molecule has 0 bridgehead atoms. The number of hydrogen-bond donors (Lipinski definition) is 2. The molecule has 0 aromatic carbocycles. The summed E-state index contributed by atoms with van der Waals surface area (Å²) >= 11 is 0. The van der Waals surface area contributed by atoms with Crippen LogP contribution < -0.4 is 5.73 Å². The number of hydrogen-bond acceptors (Lipinski definition) is 4. The topological polar surface area (TPSA) is 79.5 Å². The average Bonchev–Trinajstić information content (AvgIpc) is 2.14. The van der Waals surface area contributed by atoms with Crippen LogP contribution in [0.5, 0.6) is 5.75 Å². The van der Waals surface area contributed by atoms with Gasteiger partial charge in [-0.25, -0.2) is 0 Å². The van der Waals surface area contributed by atoms with E-state index in [9.17, 15) is 9.90 Å². The monoisotopic (exact) mass is 207 g/mol. The van der Waals surface area contributed by atoms with Gasteiger partial charge >= 0.3 is 0 Å². The minimum absolute atomic E-state index is 0.0897. The van der Waals surface area contributed by atoms with Crippen LogP contribution in [0, 0.1) is 0 Å². The van der Waals surface area contributed by atoms with Gasteiger partial charge in [-0.2, -0.15) is 0 Å². The second-order valence-electron chi connectivity index (χ2n) is 4.21. The summed E-state index contributed by atoms with van der Waals surface area (Å²) in [7, 11) is 0. The maximum Gasteiger partial charge on any atom is 0.257 e. The van der Waals surface area contributed by atoms with Crippen LogP contribution >= 0.6 is 0 Å². The number of rotatable bonds is 1. The van der Waals surface area contributed by atoms with Crippen LogP contribution in [-0.4, -0.2) is 39.5 Å². The lowest BCUT2D eigenvalue weighted by molar-refractivity contribution is 0.0450. The van der Waals surface area contributed by atoms with E-state index >= 15 is 0 Å². The number of nitrogens with zero attached hydrogens (tertiary/aromatic N) is 2. The predicted octanol–water partition coefficient (Wildman–Crippen LogP) is -0.0396. The van der Waals surface area contributed by atoms with Crippen LogP contribution in [0.4, 0.5) is 0 Å². The first kappa shape index (κ1) is 9.92. The molecule has 5 nitrogen and oxygen atoms in total. The molecule has 0 unspecified atom stereocenters. The Bertz CT molecular complexity index is 395. The summed E-state index contributed by atoms with van der Waals surface area (Å²) in [6.45, 7) is 2.93. The zero-order valence-corrected chi connectivity index (χ0v) is 8.47. The number of amides is 1. The molecular weight excluding hydrogens is 194 g/mol. The van der Waals surface area contributed by atoms with Gasteiger partial charge < -0.3 is 15.7 Å². The number of likely N-dealkylation sites (tertiary alicyclic amines) is 1. The number of carbonyl (C=O) groups excluding carboxylic acids is 1. The Morgan fingerprint density at radius 3 is 2.87 bits per heavy atom. The molecule has 1 aliphatic heterocycles. The first-order valence-corrected chi connectivity index (χ1v) is 4.71. The molecular formula is C10H13N3O2. The van der Waals surface area contributed by atoms with Crippen LogP contribution in [0.3, 0.4) is 0 Å². The number of pyridine rings is 1. The Hall–Kier alpha value is -1.62. The molecule has 1 amide bonds. The van der Waals surface area contributed by atoms with Crippen LogP contribution in [0.2, 0.25) is 0 Å². The van der Waals surface area contributed by atoms with E-state index in [4.69, 9.17) is 5.73 Å². The lowest BCUT2D eigenvalue weighted by Crippen LogP contribution is -2.66. The number of aromatic nitrogens is 1. The van der Waals surface area contributed by atoms with Crippen molar-refractivity contribution in [1.29, 1.82) is 0 Å². The molecule has 15 heavy (non-hydrogen) atoms. The standard InChI is InChI=1S/C10H13N3O2/c1-10(11)5-13(6-10)9(15)7-2-3-12-4-8(7)14/h2-4,14H,5-6,11H2,1H3. The van der Waals surface area contributed by atoms with Crippen molar-refractivity contribution < 1.29 is 9.90 Å². The molecule has 1 fully saturated rings. The third-order valence-electron chi connectivity index (χ3n) is 2.42. The minimum Gasteiger partial charge on any atom is -0.505 e. The smallest absolute Gasteiger partial charge is 0.257 e. The van der Waals surface area contributed by atoms with Crippen LogP contribution in [0.1, 0.15) is 17.3 Å². The van der Waals surface area contributed by atoms with E-state index in [-0.39, 0.29) is 22.8 Å². The zero-order chi connectivity index (χ0) is 11.1. The second kappa shape index (κ2) is 3.20. The third kappa shape index (κ3) is 1.78. The van der Waals surface area contributed by atoms with E-state index in [2.05, 4.69) is 4.98 Å². The van der Waals surface area contributed by atoms with Crippen molar-refractivity contribution in [2.45, 2.75) is 12.5 Å². The highest BCUT2D eigenvalue weighted by Gasteiger charge is 2.38. The Balaban J connectivity index is 2.14. The quantitative estimate of drug-likeness (QED) is 0.677. The Morgan fingerprint density at radius 1 is 1.67 bits per heavy atom. The first-order chi connectivity index (χ1) is 6.99. The first-order valence-electron chi connectivity index (χ1n) is 4.71. The Morgan fingerprint density at radius 2 is 2.33 bits per heavy atom.